The van der Waals surface area contributed by atoms with Gasteiger partial charge in [0.2, 0.25) is 0 Å². The van der Waals surface area contributed by atoms with E-state index in [0.717, 1.165) is 25.9 Å². The van der Waals surface area contributed by atoms with Crippen molar-refractivity contribution in [3.63, 3.8) is 0 Å². The minimum atomic E-state index is 0.350. The van der Waals surface area contributed by atoms with Gasteiger partial charge in [0.25, 0.3) is 0 Å². The van der Waals surface area contributed by atoms with Gasteiger partial charge in [-0.15, -0.1) is 0 Å². The molecule has 1 heterocycles. The van der Waals surface area contributed by atoms with Gasteiger partial charge >= 0.3 is 0 Å². The highest BCUT2D eigenvalue weighted by Gasteiger charge is 2.21. The van der Waals surface area contributed by atoms with Crippen molar-refractivity contribution in [1.29, 1.82) is 10.8 Å². The predicted molar refractivity (Wildman–Crippen MR) is 54.5 cm³/mol. The zero-order valence-corrected chi connectivity index (χ0v) is 8.38. The zero-order valence-electron chi connectivity index (χ0n) is 8.38. The molecule has 1 rings (SSSR count). The first-order valence-corrected chi connectivity index (χ1v) is 4.65. The van der Waals surface area contributed by atoms with Crippen LogP contribution in [0, 0.1) is 16.7 Å². The second-order valence-electron chi connectivity index (χ2n) is 3.70. The summed E-state index contributed by atoms with van der Waals surface area (Å²) in [6, 6.07) is 0. The van der Waals surface area contributed by atoms with Crippen molar-refractivity contribution in [2.75, 3.05) is 27.2 Å². The summed E-state index contributed by atoms with van der Waals surface area (Å²) >= 11 is 0. The number of likely N-dealkylation sites (tertiary alicyclic amines) is 1. The molecule has 0 bridgehead atoms. The molecule has 4 heteroatoms. The lowest BCUT2D eigenvalue weighted by atomic mass is 9.95. The average Bonchev–Trinajstić information content (AvgIpc) is 2.17. The Balaban J connectivity index is 2.44. The minimum Gasteiger partial charge on any atom is -0.325 e. The highest BCUT2D eigenvalue weighted by Crippen LogP contribution is 2.17. The average molecular weight is 182 g/mol. The third-order valence-electron chi connectivity index (χ3n) is 2.68. The van der Waals surface area contributed by atoms with Crippen molar-refractivity contribution in [2.24, 2.45) is 5.92 Å². The molecule has 74 valence electrons. The van der Waals surface area contributed by atoms with Crippen LogP contribution in [0.1, 0.15) is 12.8 Å². The number of piperidine rings is 1. The smallest absolute Gasteiger partial charge is 0.104 e. The molecule has 1 aliphatic rings. The molecule has 1 aliphatic heterocycles. The molecular formula is C9H18N4. The summed E-state index contributed by atoms with van der Waals surface area (Å²) in [5.74, 6) is 0.936. The number of nitrogens with zero attached hydrogens (tertiary/aromatic N) is 2. The molecule has 2 N–H and O–H groups in total. The van der Waals surface area contributed by atoms with Crippen molar-refractivity contribution in [2.45, 2.75) is 12.8 Å². The van der Waals surface area contributed by atoms with Crippen LogP contribution < -0.4 is 0 Å². The van der Waals surface area contributed by atoms with Gasteiger partial charge in [-0.1, -0.05) is 0 Å². The molecule has 4 nitrogen and oxygen atoms in total. The Labute approximate surface area is 79.5 Å². The fraction of sp³-hybridized carbons (Fsp3) is 0.778. The monoisotopic (exact) mass is 182 g/mol. The van der Waals surface area contributed by atoms with Crippen LogP contribution in [0.4, 0.5) is 0 Å². The van der Waals surface area contributed by atoms with Gasteiger partial charge < -0.3 is 9.80 Å². The Morgan fingerprint density at radius 3 is 2.46 bits per heavy atom. The first-order chi connectivity index (χ1) is 6.15. The second kappa shape index (κ2) is 4.37. The van der Waals surface area contributed by atoms with Crippen LogP contribution in [-0.4, -0.2) is 49.2 Å². The summed E-state index contributed by atoms with van der Waals surface area (Å²) in [7, 11) is 3.88. The van der Waals surface area contributed by atoms with E-state index in [1.807, 2.05) is 0 Å². The topological polar surface area (TPSA) is 54.2 Å². The van der Waals surface area contributed by atoms with E-state index in [4.69, 9.17) is 10.8 Å². The first-order valence-electron chi connectivity index (χ1n) is 4.65. The maximum atomic E-state index is 7.81. The number of amidine groups is 1. The fourth-order valence-corrected chi connectivity index (χ4v) is 1.64. The summed E-state index contributed by atoms with van der Waals surface area (Å²) in [6.07, 6.45) is 3.31. The van der Waals surface area contributed by atoms with Crippen LogP contribution in [0.2, 0.25) is 0 Å². The summed E-state index contributed by atoms with van der Waals surface area (Å²) in [6.45, 7) is 2.14. The van der Waals surface area contributed by atoms with E-state index in [9.17, 15) is 0 Å². The standard InChI is InChI=1S/C9H18N4/c1-12-5-3-8(4-6-12)9(11)13(2)7-10/h7-8,10-11H,3-6H2,1-2H3. The Bertz CT molecular complexity index is 194. The van der Waals surface area contributed by atoms with E-state index in [1.165, 1.54) is 6.34 Å². The van der Waals surface area contributed by atoms with Gasteiger partial charge in [-0.25, -0.2) is 0 Å². The van der Waals surface area contributed by atoms with Crippen LogP contribution in [0.5, 0.6) is 0 Å². The summed E-state index contributed by atoms with van der Waals surface area (Å²) in [4.78, 5) is 3.88. The number of hydrogen-bond donors (Lipinski definition) is 2. The number of rotatable bonds is 2. The van der Waals surface area contributed by atoms with E-state index in [0.29, 0.717) is 11.8 Å². The third kappa shape index (κ3) is 2.52. The highest BCUT2D eigenvalue weighted by molar-refractivity contribution is 5.90. The molecule has 0 saturated carbocycles. The molecule has 0 spiro atoms. The number of hydrogen-bond acceptors (Lipinski definition) is 3. The van der Waals surface area contributed by atoms with Crippen LogP contribution in [0.3, 0.4) is 0 Å². The molecule has 13 heavy (non-hydrogen) atoms. The Kier molecular flexibility index (Phi) is 3.42. The predicted octanol–water partition coefficient (Wildman–Crippen LogP) is 0.844. The third-order valence-corrected chi connectivity index (χ3v) is 2.68. The lowest BCUT2D eigenvalue weighted by Crippen LogP contribution is -2.38. The maximum absolute atomic E-state index is 7.81. The molecule has 0 aromatic carbocycles. The highest BCUT2D eigenvalue weighted by atomic mass is 15.2. The molecule has 1 saturated heterocycles. The quantitative estimate of drug-likeness (QED) is 0.491. The van der Waals surface area contributed by atoms with Crippen LogP contribution in [-0.2, 0) is 0 Å². The van der Waals surface area contributed by atoms with Crippen molar-refractivity contribution in [1.82, 2.24) is 9.80 Å². The van der Waals surface area contributed by atoms with Gasteiger partial charge in [-0.05, 0) is 33.0 Å². The Morgan fingerprint density at radius 1 is 1.46 bits per heavy atom. The van der Waals surface area contributed by atoms with Crippen molar-refractivity contribution in [3.05, 3.63) is 0 Å². The number of nitrogens with one attached hydrogen (secondary N) is 2. The van der Waals surface area contributed by atoms with Gasteiger partial charge in [0, 0.05) is 13.0 Å². The molecule has 0 aromatic heterocycles. The van der Waals surface area contributed by atoms with Gasteiger partial charge in [0.05, 0.1) is 6.34 Å². The molecule has 0 unspecified atom stereocenters. The molecular weight excluding hydrogens is 164 g/mol. The Morgan fingerprint density at radius 2 is 2.00 bits per heavy atom. The SMILES string of the molecule is CN1CCC(C(=N)N(C)C=N)CC1. The van der Waals surface area contributed by atoms with E-state index >= 15 is 0 Å². The van der Waals surface area contributed by atoms with E-state index in [1.54, 1.807) is 11.9 Å². The van der Waals surface area contributed by atoms with E-state index < -0.39 is 0 Å². The fourth-order valence-electron chi connectivity index (χ4n) is 1.64. The lowest BCUT2D eigenvalue weighted by molar-refractivity contribution is 0.247. The summed E-state index contributed by atoms with van der Waals surface area (Å²) in [5, 5.41) is 14.9. The van der Waals surface area contributed by atoms with E-state index in [2.05, 4.69) is 11.9 Å². The second-order valence-corrected chi connectivity index (χ2v) is 3.70. The first kappa shape index (κ1) is 10.2. The molecule has 1 fully saturated rings. The molecule has 0 aromatic rings. The Hall–Kier alpha value is -0.900. The van der Waals surface area contributed by atoms with Gasteiger partial charge in [-0.2, -0.15) is 0 Å². The summed E-state index contributed by atoms with van der Waals surface area (Å²) < 4.78 is 0. The molecule has 0 atom stereocenters. The van der Waals surface area contributed by atoms with Crippen molar-refractivity contribution in [3.8, 4) is 0 Å². The summed E-state index contributed by atoms with van der Waals surface area (Å²) in [5.41, 5.74) is 0. The van der Waals surface area contributed by atoms with Crippen molar-refractivity contribution >= 4 is 12.2 Å². The van der Waals surface area contributed by atoms with Gasteiger partial charge in [0.1, 0.15) is 5.84 Å². The van der Waals surface area contributed by atoms with Crippen LogP contribution in [0.25, 0.3) is 0 Å². The molecule has 0 aliphatic carbocycles. The largest absolute Gasteiger partial charge is 0.325 e. The van der Waals surface area contributed by atoms with Crippen molar-refractivity contribution < 1.29 is 0 Å². The van der Waals surface area contributed by atoms with E-state index in [-0.39, 0.29) is 0 Å². The van der Waals surface area contributed by atoms with Crippen LogP contribution in [0.15, 0.2) is 0 Å². The van der Waals surface area contributed by atoms with Crippen LogP contribution >= 0.6 is 0 Å². The zero-order chi connectivity index (χ0) is 9.84. The van der Waals surface area contributed by atoms with Gasteiger partial charge in [-0.3, -0.25) is 10.8 Å². The maximum Gasteiger partial charge on any atom is 0.104 e. The van der Waals surface area contributed by atoms with Gasteiger partial charge in [0.15, 0.2) is 0 Å². The lowest BCUT2D eigenvalue weighted by Gasteiger charge is -2.31. The minimum absolute atomic E-state index is 0.350. The molecule has 0 amide bonds. The molecule has 0 radical (unpaired) electrons. The normalized spacial score (nSPS) is 19.8.